The highest BCUT2D eigenvalue weighted by atomic mass is 79.9. The molecule has 0 saturated carbocycles. The summed E-state index contributed by atoms with van der Waals surface area (Å²) in [5.41, 5.74) is 2.45. The Morgan fingerprint density at radius 3 is 2.96 bits per heavy atom. The van der Waals surface area contributed by atoms with Crippen molar-refractivity contribution in [1.29, 1.82) is 0 Å². The SMILES string of the molecule is Brc1ccc2ccnc(-c3noc(-c4cccc5[nH]ncc45)n3)c2c1. The summed E-state index contributed by atoms with van der Waals surface area (Å²) < 4.78 is 6.48. The molecule has 5 aromatic rings. The van der Waals surface area contributed by atoms with Crippen LogP contribution in [-0.4, -0.2) is 25.3 Å². The number of fused-ring (bicyclic) bond motifs is 2. The summed E-state index contributed by atoms with van der Waals surface area (Å²) in [7, 11) is 0. The van der Waals surface area contributed by atoms with Crippen LogP contribution in [0, 0.1) is 0 Å². The summed E-state index contributed by atoms with van der Waals surface area (Å²) in [5, 5.41) is 14.1. The highest BCUT2D eigenvalue weighted by molar-refractivity contribution is 9.10. The second-order valence-corrected chi connectivity index (χ2v) is 6.50. The Morgan fingerprint density at radius 1 is 1.04 bits per heavy atom. The smallest absolute Gasteiger partial charge is 0.259 e. The summed E-state index contributed by atoms with van der Waals surface area (Å²) in [6, 6.07) is 13.8. The van der Waals surface area contributed by atoms with Crippen LogP contribution in [0.1, 0.15) is 0 Å². The summed E-state index contributed by atoms with van der Waals surface area (Å²) in [5.74, 6) is 0.898. The Kier molecular flexibility index (Phi) is 3.14. The molecule has 3 heterocycles. The van der Waals surface area contributed by atoms with Gasteiger partial charge in [0, 0.05) is 21.4 Å². The van der Waals surface area contributed by atoms with E-state index in [1.807, 2.05) is 42.5 Å². The highest BCUT2D eigenvalue weighted by Gasteiger charge is 2.16. The van der Waals surface area contributed by atoms with Crippen LogP contribution >= 0.6 is 15.9 Å². The molecule has 0 aliphatic rings. The molecule has 2 aromatic carbocycles. The Hall–Kier alpha value is -3.06. The molecule has 0 amide bonds. The minimum Gasteiger partial charge on any atom is -0.334 e. The van der Waals surface area contributed by atoms with Crippen molar-refractivity contribution in [2.24, 2.45) is 0 Å². The number of aromatic amines is 1. The maximum absolute atomic E-state index is 5.51. The summed E-state index contributed by atoms with van der Waals surface area (Å²) in [6.07, 6.45) is 3.50. The molecule has 0 unspecified atom stereocenters. The number of nitrogens with one attached hydrogen (secondary N) is 1. The molecule has 0 aliphatic carbocycles. The van der Waals surface area contributed by atoms with Crippen molar-refractivity contribution >= 4 is 37.6 Å². The molecule has 0 atom stereocenters. The van der Waals surface area contributed by atoms with Crippen molar-refractivity contribution in [2.75, 3.05) is 0 Å². The largest absolute Gasteiger partial charge is 0.334 e. The monoisotopic (exact) mass is 391 g/mol. The topological polar surface area (TPSA) is 80.5 Å². The number of benzene rings is 2. The van der Waals surface area contributed by atoms with Crippen LogP contribution in [0.15, 0.2) is 63.9 Å². The Bertz CT molecular complexity index is 1230. The van der Waals surface area contributed by atoms with E-state index >= 15 is 0 Å². The van der Waals surface area contributed by atoms with Gasteiger partial charge in [-0.1, -0.05) is 33.2 Å². The number of pyridine rings is 1. The third-order valence-corrected chi connectivity index (χ3v) is 4.57. The standard InChI is InChI=1S/C18H10BrN5O/c19-11-5-4-10-6-7-20-16(13(10)8-11)17-22-18(25-24-17)12-2-1-3-15-14(12)9-21-23-15/h1-9H,(H,21,23). The van der Waals surface area contributed by atoms with Gasteiger partial charge in [-0.05, 0) is 35.7 Å². The van der Waals surface area contributed by atoms with E-state index in [-0.39, 0.29) is 0 Å². The number of H-pyrrole nitrogens is 1. The van der Waals surface area contributed by atoms with Gasteiger partial charge in [0.1, 0.15) is 5.69 Å². The lowest BCUT2D eigenvalue weighted by Crippen LogP contribution is -1.88. The molecule has 0 radical (unpaired) electrons. The van der Waals surface area contributed by atoms with Gasteiger partial charge in [0.25, 0.3) is 5.89 Å². The second kappa shape index (κ2) is 5.49. The first kappa shape index (κ1) is 14.3. The Labute approximate surface area is 150 Å². The fourth-order valence-corrected chi connectivity index (χ4v) is 3.26. The molecule has 5 rings (SSSR count). The number of hydrogen-bond acceptors (Lipinski definition) is 5. The molecule has 0 aliphatic heterocycles. The molecule has 0 bridgehead atoms. The van der Waals surface area contributed by atoms with E-state index in [4.69, 9.17) is 4.52 Å². The van der Waals surface area contributed by atoms with Crippen LogP contribution in [-0.2, 0) is 0 Å². The number of halogens is 1. The van der Waals surface area contributed by atoms with Crippen LogP contribution < -0.4 is 0 Å². The van der Waals surface area contributed by atoms with Crippen molar-refractivity contribution in [3.8, 4) is 23.0 Å². The lowest BCUT2D eigenvalue weighted by Gasteiger charge is -2.02. The molecule has 1 N–H and O–H groups in total. The molecule has 0 spiro atoms. The number of nitrogens with zero attached hydrogens (tertiary/aromatic N) is 4. The van der Waals surface area contributed by atoms with Gasteiger partial charge in [-0.25, -0.2) is 0 Å². The van der Waals surface area contributed by atoms with Crippen LogP contribution in [0.25, 0.3) is 44.6 Å². The minimum atomic E-state index is 0.441. The lowest BCUT2D eigenvalue weighted by atomic mass is 10.1. The highest BCUT2D eigenvalue weighted by Crippen LogP contribution is 2.30. The maximum atomic E-state index is 5.51. The predicted octanol–water partition coefficient (Wildman–Crippen LogP) is 4.59. The van der Waals surface area contributed by atoms with Crippen LogP contribution in [0.2, 0.25) is 0 Å². The van der Waals surface area contributed by atoms with Gasteiger partial charge >= 0.3 is 0 Å². The zero-order chi connectivity index (χ0) is 16.8. The van der Waals surface area contributed by atoms with Gasteiger partial charge < -0.3 is 4.52 Å². The fraction of sp³-hybridized carbons (Fsp3) is 0. The predicted molar refractivity (Wildman–Crippen MR) is 97.8 cm³/mol. The van der Waals surface area contributed by atoms with Crippen LogP contribution in [0.3, 0.4) is 0 Å². The molecule has 120 valence electrons. The first-order valence-electron chi connectivity index (χ1n) is 7.60. The van der Waals surface area contributed by atoms with E-state index in [0.717, 1.165) is 31.7 Å². The molecular formula is C18H10BrN5O. The van der Waals surface area contributed by atoms with Gasteiger partial charge in [-0.15, -0.1) is 0 Å². The molecule has 0 saturated heterocycles. The Morgan fingerprint density at radius 2 is 2.00 bits per heavy atom. The maximum Gasteiger partial charge on any atom is 0.259 e. The summed E-state index contributed by atoms with van der Waals surface area (Å²) in [6.45, 7) is 0. The molecule has 0 fully saturated rings. The third-order valence-electron chi connectivity index (χ3n) is 4.08. The Balaban J connectivity index is 1.69. The van der Waals surface area contributed by atoms with Gasteiger partial charge in [0.15, 0.2) is 0 Å². The van der Waals surface area contributed by atoms with Crippen LogP contribution in [0.5, 0.6) is 0 Å². The average Bonchev–Trinajstić information content (AvgIpc) is 3.30. The van der Waals surface area contributed by atoms with Crippen LogP contribution in [0.4, 0.5) is 0 Å². The summed E-state index contributed by atoms with van der Waals surface area (Å²) >= 11 is 3.50. The molecular weight excluding hydrogens is 382 g/mol. The zero-order valence-electron chi connectivity index (χ0n) is 12.8. The fourth-order valence-electron chi connectivity index (χ4n) is 2.90. The number of hydrogen-bond donors (Lipinski definition) is 1. The van der Waals surface area contributed by atoms with Gasteiger partial charge in [-0.3, -0.25) is 10.1 Å². The molecule has 3 aromatic heterocycles. The van der Waals surface area contributed by atoms with Crippen molar-refractivity contribution in [3.63, 3.8) is 0 Å². The van der Waals surface area contributed by atoms with Gasteiger partial charge in [0.05, 0.1) is 17.3 Å². The lowest BCUT2D eigenvalue weighted by molar-refractivity contribution is 0.432. The zero-order valence-corrected chi connectivity index (χ0v) is 14.4. The van der Waals surface area contributed by atoms with E-state index < -0.39 is 0 Å². The van der Waals surface area contributed by atoms with Crippen molar-refractivity contribution < 1.29 is 4.52 Å². The first-order valence-corrected chi connectivity index (χ1v) is 8.40. The third kappa shape index (κ3) is 2.32. The first-order chi connectivity index (χ1) is 12.3. The average molecular weight is 392 g/mol. The normalized spacial score (nSPS) is 11.4. The number of aromatic nitrogens is 5. The van der Waals surface area contributed by atoms with Gasteiger partial charge in [-0.2, -0.15) is 10.1 Å². The molecule has 7 heteroatoms. The van der Waals surface area contributed by atoms with Crippen molar-refractivity contribution in [3.05, 3.63) is 59.3 Å². The van der Waals surface area contributed by atoms with E-state index in [0.29, 0.717) is 17.4 Å². The van der Waals surface area contributed by atoms with E-state index in [2.05, 4.69) is 41.3 Å². The molecule has 6 nitrogen and oxygen atoms in total. The quantitative estimate of drug-likeness (QED) is 0.475. The van der Waals surface area contributed by atoms with E-state index in [1.54, 1.807) is 12.4 Å². The molecule has 25 heavy (non-hydrogen) atoms. The van der Waals surface area contributed by atoms with E-state index in [1.165, 1.54) is 0 Å². The van der Waals surface area contributed by atoms with E-state index in [9.17, 15) is 0 Å². The van der Waals surface area contributed by atoms with Crippen molar-refractivity contribution in [1.82, 2.24) is 25.3 Å². The minimum absolute atomic E-state index is 0.441. The van der Waals surface area contributed by atoms with Crippen molar-refractivity contribution in [2.45, 2.75) is 0 Å². The summed E-state index contributed by atoms with van der Waals surface area (Å²) in [4.78, 5) is 9.02. The van der Waals surface area contributed by atoms with Gasteiger partial charge in [0.2, 0.25) is 5.82 Å². The second-order valence-electron chi connectivity index (χ2n) is 5.58. The number of rotatable bonds is 2.